The molecule has 206 valence electrons. The number of aromatic nitrogens is 1. The number of hydrogen-bond acceptors (Lipinski definition) is 12. The van der Waals surface area contributed by atoms with Gasteiger partial charge in [0.15, 0.2) is 5.13 Å². The van der Waals surface area contributed by atoms with Gasteiger partial charge in [0.25, 0.3) is 11.8 Å². The predicted molar refractivity (Wildman–Crippen MR) is 139 cm³/mol. The molecule has 0 saturated carbocycles. The molecule has 2 aliphatic rings. The lowest BCUT2D eigenvalue weighted by atomic mass is 9.98. The Morgan fingerprint density at radius 2 is 1.95 bits per heavy atom. The van der Waals surface area contributed by atoms with E-state index in [-0.39, 0.29) is 29.2 Å². The number of carbonyl (C=O) groups excluding carboxylic acids is 5. The minimum absolute atomic E-state index is 0.158. The summed E-state index contributed by atoms with van der Waals surface area (Å²) in [5.74, 6) is -2.45. The summed E-state index contributed by atoms with van der Waals surface area (Å²) in [6, 6.07) is -0.941. The van der Waals surface area contributed by atoms with Crippen LogP contribution in [0, 0.1) is 5.41 Å². The maximum atomic E-state index is 13.1. The molecule has 1 aromatic rings. The van der Waals surface area contributed by atoms with E-state index in [1.165, 1.54) is 23.1 Å². The van der Waals surface area contributed by atoms with E-state index in [2.05, 4.69) is 10.3 Å². The van der Waals surface area contributed by atoms with Crippen molar-refractivity contribution < 1.29 is 38.2 Å². The number of amides is 3. The third-order valence-corrected chi connectivity index (χ3v) is 7.37. The third-order valence-electron chi connectivity index (χ3n) is 5.36. The van der Waals surface area contributed by atoms with Gasteiger partial charge >= 0.3 is 18.0 Å². The molecular weight excluding hydrogens is 538 g/mol. The van der Waals surface area contributed by atoms with Crippen molar-refractivity contribution in [3.8, 4) is 0 Å². The van der Waals surface area contributed by atoms with Crippen molar-refractivity contribution in [2.24, 2.45) is 11.1 Å². The highest BCUT2D eigenvalue weighted by Crippen LogP contribution is 2.41. The Kier molecular flexibility index (Phi) is 9.04. The van der Waals surface area contributed by atoms with Gasteiger partial charge in [-0.1, -0.05) is 13.0 Å². The largest absolute Gasteiger partial charge is 0.445 e. The molecular formula is C23H29N5O8S2. The number of fused-ring (bicyclic) bond motifs is 1. The van der Waals surface area contributed by atoms with Crippen LogP contribution in [0.1, 0.15) is 39.8 Å². The Morgan fingerprint density at radius 3 is 2.53 bits per heavy atom. The number of nitrogens with one attached hydrogen (secondary N) is 1. The molecule has 3 amide bonds. The van der Waals surface area contributed by atoms with E-state index in [0.29, 0.717) is 17.2 Å². The SMILES string of the molecule is CC/C=C(\C(=O)N[C@H]1C(=O)N2C(C(=O)OCOC(=O)C(C)(C)C)=C(COC(N)=O)CS[C@@H]12)c1csc(N)n1. The summed E-state index contributed by atoms with van der Waals surface area (Å²) in [7, 11) is 0. The van der Waals surface area contributed by atoms with E-state index in [1.807, 2.05) is 6.92 Å². The fraction of sp³-hybridized carbons (Fsp3) is 0.478. The average molecular weight is 568 g/mol. The van der Waals surface area contributed by atoms with E-state index in [0.717, 1.165) is 4.90 Å². The smallest absolute Gasteiger partial charge is 0.404 e. The predicted octanol–water partition coefficient (Wildman–Crippen LogP) is 1.36. The molecule has 0 aromatic carbocycles. The fourth-order valence-electron chi connectivity index (χ4n) is 3.51. The van der Waals surface area contributed by atoms with Crippen LogP contribution >= 0.6 is 23.1 Å². The number of allylic oxidation sites excluding steroid dienone is 1. The van der Waals surface area contributed by atoms with Gasteiger partial charge in [0.1, 0.15) is 23.7 Å². The number of anilines is 1. The number of carbonyl (C=O) groups is 5. The van der Waals surface area contributed by atoms with Gasteiger partial charge in [-0.25, -0.2) is 14.6 Å². The molecule has 0 aliphatic carbocycles. The molecule has 1 saturated heterocycles. The standard InChI is InChI=1S/C23H29N5O8S2/c1-5-6-12(13-9-38-21(24)26-13)16(29)27-14-17(30)28-15(11(7-34-22(25)33)8-37-18(14)28)19(31)35-10-36-20(32)23(2,3)4/h6,9,14,18H,5,7-8,10H2,1-4H3,(H2,24,26)(H2,25,33)(H,27,29)/b12-6-/t14-,18-/m0/s1. The summed E-state index contributed by atoms with van der Waals surface area (Å²) >= 11 is 2.45. The number of nitrogens with two attached hydrogens (primary N) is 2. The Morgan fingerprint density at radius 1 is 1.24 bits per heavy atom. The number of thioether (sulfide) groups is 1. The Bertz CT molecular complexity index is 1200. The van der Waals surface area contributed by atoms with Crippen LogP contribution in [-0.2, 0) is 33.4 Å². The van der Waals surface area contributed by atoms with Gasteiger partial charge in [-0.15, -0.1) is 23.1 Å². The molecule has 2 atom stereocenters. The fourth-order valence-corrected chi connectivity index (χ4v) is 5.40. The number of nitrogen functional groups attached to an aromatic ring is 1. The average Bonchev–Trinajstić information content (AvgIpc) is 3.28. The topological polar surface area (TPSA) is 193 Å². The zero-order valence-electron chi connectivity index (χ0n) is 21.3. The highest BCUT2D eigenvalue weighted by atomic mass is 32.2. The maximum Gasteiger partial charge on any atom is 0.404 e. The Hall–Kier alpha value is -3.59. The van der Waals surface area contributed by atoms with Crippen LogP contribution in [0.25, 0.3) is 5.57 Å². The van der Waals surface area contributed by atoms with Crippen molar-refractivity contribution in [1.29, 1.82) is 0 Å². The molecule has 0 bridgehead atoms. The molecule has 3 rings (SSSR count). The normalized spacial score (nSPS) is 19.3. The molecule has 13 nitrogen and oxygen atoms in total. The van der Waals surface area contributed by atoms with Crippen LogP contribution in [0.4, 0.5) is 9.93 Å². The number of primary amides is 1. The number of hydrogen-bond donors (Lipinski definition) is 3. The van der Waals surface area contributed by atoms with Crippen molar-refractivity contribution in [3.63, 3.8) is 0 Å². The van der Waals surface area contributed by atoms with Gasteiger partial charge in [0.2, 0.25) is 6.79 Å². The van der Waals surface area contributed by atoms with Crippen molar-refractivity contribution in [2.75, 3.05) is 24.9 Å². The van der Waals surface area contributed by atoms with Gasteiger partial charge in [-0.2, -0.15) is 0 Å². The molecule has 15 heteroatoms. The van der Waals surface area contributed by atoms with Gasteiger partial charge < -0.3 is 31.0 Å². The second-order valence-electron chi connectivity index (χ2n) is 9.25. The lowest BCUT2D eigenvalue weighted by Gasteiger charge is -2.49. The van der Waals surface area contributed by atoms with Gasteiger partial charge in [-0.3, -0.25) is 19.3 Å². The lowest BCUT2D eigenvalue weighted by molar-refractivity contribution is -0.173. The van der Waals surface area contributed by atoms with E-state index in [1.54, 1.807) is 32.2 Å². The van der Waals surface area contributed by atoms with Crippen LogP contribution in [0.3, 0.4) is 0 Å². The minimum atomic E-state index is -1.06. The van der Waals surface area contributed by atoms with E-state index < -0.39 is 53.5 Å². The zero-order chi connectivity index (χ0) is 28.2. The summed E-state index contributed by atoms with van der Waals surface area (Å²) in [5.41, 5.74) is 10.7. The minimum Gasteiger partial charge on any atom is -0.445 e. The van der Waals surface area contributed by atoms with Crippen molar-refractivity contribution in [1.82, 2.24) is 15.2 Å². The van der Waals surface area contributed by atoms with Crippen LogP contribution < -0.4 is 16.8 Å². The first-order valence-corrected chi connectivity index (χ1v) is 13.4. The summed E-state index contributed by atoms with van der Waals surface area (Å²) < 4.78 is 14.9. The lowest BCUT2D eigenvalue weighted by Crippen LogP contribution is -2.70. The second kappa shape index (κ2) is 11.9. The zero-order valence-corrected chi connectivity index (χ0v) is 22.9. The van der Waals surface area contributed by atoms with Crippen LogP contribution in [-0.4, -0.2) is 70.3 Å². The Labute approximate surface area is 226 Å². The number of thiazole rings is 1. The third kappa shape index (κ3) is 6.45. The second-order valence-corrected chi connectivity index (χ2v) is 11.2. The molecule has 0 unspecified atom stereocenters. The van der Waals surface area contributed by atoms with Crippen molar-refractivity contribution in [2.45, 2.75) is 45.5 Å². The summed E-state index contributed by atoms with van der Waals surface area (Å²) in [5, 5.41) is 4.03. The monoisotopic (exact) mass is 567 g/mol. The first kappa shape index (κ1) is 29.0. The molecule has 5 N–H and O–H groups in total. The molecule has 2 aliphatic heterocycles. The van der Waals surface area contributed by atoms with Crippen molar-refractivity contribution in [3.05, 3.63) is 28.4 Å². The van der Waals surface area contributed by atoms with Gasteiger partial charge in [-0.05, 0) is 27.2 Å². The molecule has 0 spiro atoms. The summed E-state index contributed by atoms with van der Waals surface area (Å²) in [4.78, 5) is 67.6. The highest BCUT2D eigenvalue weighted by Gasteiger charge is 2.54. The molecule has 3 heterocycles. The van der Waals surface area contributed by atoms with Crippen LogP contribution in [0.5, 0.6) is 0 Å². The number of ether oxygens (including phenoxy) is 3. The summed E-state index contributed by atoms with van der Waals surface area (Å²) in [6.45, 7) is 5.74. The van der Waals surface area contributed by atoms with Gasteiger partial charge in [0.05, 0.1) is 16.7 Å². The molecule has 38 heavy (non-hydrogen) atoms. The van der Waals surface area contributed by atoms with E-state index in [4.69, 9.17) is 25.7 Å². The number of β-lactam (4-membered cyclic amide) rings is 1. The van der Waals surface area contributed by atoms with Crippen LogP contribution in [0.15, 0.2) is 22.7 Å². The molecule has 1 fully saturated rings. The summed E-state index contributed by atoms with van der Waals surface area (Å²) in [6.07, 6.45) is 1.17. The van der Waals surface area contributed by atoms with E-state index >= 15 is 0 Å². The molecule has 0 radical (unpaired) electrons. The number of esters is 2. The molecule has 1 aromatic heterocycles. The number of nitrogens with zero attached hydrogens (tertiary/aromatic N) is 2. The quantitative estimate of drug-likeness (QED) is 0.169. The maximum absolute atomic E-state index is 13.1. The van der Waals surface area contributed by atoms with E-state index in [9.17, 15) is 24.0 Å². The van der Waals surface area contributed by atoms with Crippen LogP contribution in [0.2, 0.25) is 0 Å². The highest BCUT2D eigenvalue weighted by molar-refractivity contribution is 8.00. The Balaban J connectivity index is 1.77. The number of rotatable bonds is 9. The first-order chi connectivity index (χ1) is 17.8. The first-order valence-electron chi connectivity index (χ1n) is 11.5. The van der Waals surface area contributed by atoms with Crippen molar-refractivity contribution >= 4 is 63.6 Å². The van der Waals surface area contributed by atoms with Gasteiger partial charge in [0, 0.05) is 16.7 Å².